The van der Waals surface area contributed by atoms with Gasteiger partial charge in [0.05, 0.1) is 31.6 Å². The maximum atomic E-state index is 11.3. The minimum absolute atomic E-state index is 0.0380. The second-order valence-electron chi connectivity index (χ2n) is 4.35. The molecule has 5 nitrogen and oxygen atoms in total. The van der Waals surface area contributed by atoms with Crippen LogP contribution in [0.1, 0.15) is 19.8 Å². The predicted octanol–water partition coefficient (Wildman–Crippen LogP) is 1.72. The molecule has 0 saturated carbocycles. The number of nitrogens with zero attached hydrogens (tertiary/aromatic N) is 2. The zero-order valence-corrected chi connectivity index (χ0v) is 11.7. The maximum Gasteiger partial charge on any atom is 0.308 e. The molecule has 0 amide bonds. The molecule has 1 atom stereocenters. The average Bonchev–Trinajstić information content (AvgIpc) is 2.44. The fourth-order valence-electron chi connectivity index (χ4n) is 1.88. The lowest BCUT2D eigenvalue weighted by Gasteiger charge is -2.26. The number of para-hydroxylation sites is 1. The Balaban J connectivity index is 2.61. The lowest BCUT2D eigenvalue weighted by atomic mass is 10.2. The van der Waals surface area contributed by atoms with E-state index in [0.717, 1.165) is 5.69 Å². The van der Waals surface area contributed by atoms with Gasteiger partial charge in [0.15, 0.2) is 0 Å². The lowest BCUT2D eigenvalue weighted by molar-refractivity contribution is -0.145. The molecule has 5 heteroatoms. The van der Waals surface area contributed by atoms with E-state index < -0.39 is 12.1 Å². The van der Waals surface area contributed by atoms with Crippen molar-refractivity contribution in [2.75, 3.05) is 24.6 Å². The number of hydrogen-bond donors (Lipinski definition) is 1. The van der Waals surface area contributed by atoms with Gasteiger partial charge in [0, 0.05) is 18.8 Å². The number of rotatable bonds is 8. The van der Waals surface area contributed by atoms with Gasteiger partial charge in [0.1, 0.15) is 0 Å². The van der Waals surface area contributed by atoms with Gasteiger partial charge in [-0.1, -0.05) is 18.2 Å². The van der Waals surface area contributed by atoms with Gasteiger partial charge in [-0.15, -0.1) is 0 Å². The monoisotopic (exact) mass is 276 g/mol. The minimum Gasteiger partial charge on any atom is -0.466 e. The van der Waals surface area contributed by atoms with Crippen molar-refractivity contribution in [2.45, 2.75) is 25.9 Å². The van der Waals surface area contributed by atoms with Gasteiger partial charge in [-0.2, -0.15) is 5.26 Å². The molecule has 1 unspecified atom stereocenters. The highest BCUT2D eigenvalue weighted by molar-refractivity contribution is 5.70. The van der Waals surface area contributed by atoms with E-state index in [1.165, 1.54) is 0 Å². The van der Waals surface area contributed by atoms with E-state index >= 15 is 0 Å². The summed E-state index contributed by atoms with van der Waals surface area (Å²) in [5, 5.41) is 18.7. The molecule has 1 aromatic rings. The van der Waals surface area contributed by atoms with Crippen molar-refractivity contribution in [3.63, 3.8) is 0 Å². The summed E-state index contributed by atoms with van der Waals surface area (Å²) in [5.74, 6) is -0.409. The van der Waals surface area contributed by atoms with Crippen molar-refractivity contribution in [1.82, 2.24) is 0 Å². The fourth-order valence-corrected chi connectivity index (χ4v) is 1.88. The van der Waals surface area contributed by atoms with Gasteiger partial charge in [0.2, 0.25) is 0 Å². The van der Waals surface area contributed by atoms with E-state index in [-0.39, 0.29) is 6.42 Å². The first kappa shape index (κ1) is 16.0. The number of ether oxygens (including phenoxy) is 1. The minimum atomic E-state index is -0.812. The Labute approximate surface area is 119 Å². The quantitative estimate of drug-likeness (QED) is 0.732. The van der Waals surface area contributed by atoms with E-state index in [9.17, 15) is 9.90 Å². The number of carbonyl (C=O) groups excluding carboxylic acids is 1. The van der Waals surface area contributed by atoms with Crippen LogP contribution in [0.25, 0.3) is 0 Å². The van der Waals surface area contributed by atoms with Crippen LogP contribution in [0.15, 0.2) is 30.3 Å². The van der Waals surface area contributed by atoms with Crippen LogP contribution in [0.4, 0.5) is 5.69 Å². The second-order valence-corrected chi connectivity index (χ2v) is 4.35. The summed E-state index contributed by atoms with van der Waals surface area (Å²) in [5.41, 5.74) is 0.922. The van der Waals surface area contributed by atoms with Crippen molar-refractivity contribution in [3.8, 4) is 6.07 Å². The fraction of sp³-hybridized carbons (Fsp3) is 0.467. The van der Waals surface area contributed by atoms with E-state index in [1.54, 1.807) is 6.92 Å². The first-order chi connectivity index (χ1) is 9.67. The summed E-state index contributed by atoms with van der Waals surface area (Å²) in [6, 6.07) is 11.6. The molecule has 1 aromatic carbocycles. The van der Waals surface area contributed by atoms with Gasteiger partial charge >= 0.3 is 5.97 Å². The van der Waals surface area contributed by atoms with Crippen LogP contribution in [-0.2, 0) is 9.53 Å². The first-order valence-electron chi connectivity index (χ1n) is 6.68. The number of nitriles is 1. The molecule has 1 rings (SSSR count). The van der Waals surface area contributed by atoms with Crippen LogP contribution < -0.4 is 4.90 Å². The van der Waals surface area contributed by atoms with Crippen LogP contribution in [0.2, 0.25) is 0 Å². The van der Waals surface area contributed by atoms with Crippen molar-refractivity contribution in [2.24, 2.45) is 0 Å². The molecule has 0 radical (unpaired) electrons. The average molecular weight is 276 g/mol. The summed E-state index contributed by atoms with van der Waals surface area (Å²) in [6.07, 6.45) is -0.488. The zero-order valence-electron chi connectivity index (χ0n) is 11.7. The van der Waals surface area contributed by atoms with Crippen LogP contribution in [0, 0.1) is 11.3 Å². The van der Waals surface area contributed by atoms with Crippen molar-refractivity contribution in [1.29, 1.82) is 5.26 Å². The molecular formula is C15H20N2O3. The summed E-state index contributed by atoms with van der Waals surface area (Å²) >= 11 is 0. The van der Waals surface area contributed by atoms with E-state index in [1.807, 2.05) is 35.2 Å². The number of hydrogen-bond acceptors (Lipinski definition) is 5. The van der Waals surface area contributed by atoms with Crippen molar-refractivity contribution in [3.05, 3.63) is 30.3 Å². The number of esters is 1. The van der Waals surface area contributed by atoms with Crippen molar-refractivity contribution < 1.29 is 14.6 Å². The summed E-state index contributed by atoms with van der Waals surface area (Å²) < 4.78 is 4.81. The predicted molar refractivity (Wildman–Crippen MR) is 76.1 cm³/mol. The molecule has 0 fully saturated rings. The van der Waals surface area contributed by atoms with Crippen LogP contribution >= 0.6 is 0 Å². The number of aliphatic hydroxyl groups is 1. The Bertz CT molecular complexity index is 442. The Kier molecular flexibility index (Phi) is 7.15. The lowest BCUT2D eigenvalue weighted by Crippen LogP contribution is -2.34. The van der Waals surface area contributed by atoms with Crippen LogP contribution in [0.5, 0.6) is 0 Å². The standard InChI is InChI=1S/C15H20N2O3/c1-2-20-15(19)11-14(18)12-17(10-6-9-16)13-7-4-3-5-8-13/h3-5,7-8,14,18H,2,6,10-12H2,1H3. The molecule has 108 valence electrons. The molecule has 0 heterocycles. The molecular weight excluding hydrogens is 256 g/mol. The zero-order chi connectivity index (χ0) is 14.8. The maximum absolute atomic E-state index is 11.3. The Hall–Kier alpha value is -2.06. The Morgan fingerprint density at radius 3 is 2.75 bits per heavy atom. The molecule has 0 aliphatic heterocycles. The molecule has 0 saturated heterocycles. The van der Waals surface area contributed by atoms with Crippen molar-refractivity contribution >= 4 is 11.7 Å². The highest BCUT2D eigenvalue weighted by Gasteiger charge is 2.16. The highest BCUT2D eigenvalue weighted by atomic mass is 16.5. The summed E-state index contributed by atoms with van der Waals surface area (Å²) in [4.78, 5) is 13.2. The van der Waals surface area contributed by atoms with E-state index in [4.69, 9.17) is 10.00 Å². The Morgan fingerprint density at radius 2 is 2.15 bits per heavy atom. The van der Waals surface area contributed by atoms with Crippen LogP contribution in [0.3, 0.4) is 0 Å². The number of carbonyl (C=O) groups is 1. The second kappa shape index (κ2) is 8.94. The molecule has 0 spiro atoms. The summed E-state index contributed by atoms with van der Waals surface area (Å²) in [7, 11) is 0. The highest BCUT2D eigenvalue weighted by Crippen LogP contribution is 2.14. The van der Waals surface area contributed by atoms with Gasteiger partial charge in [-0.05, 0) is 19.1 Å². The third-order valence-corrected chi connectivity index (χ3v) is 2.75. The van der Waals surface area contributed by atoms with E-state index in [2.05, 4.69) is 6.07 Å². The number of anilines is 1. The van der Waals surface area contributed by atoms with Crippen LogP contribution in [-0.4, -0.2) is 36.9 Å². The van der Waals surface area contributed by atoms with E-state index in [0.29, 0.717) is 26.1 Å². The third-order valence-electron chi connectivity index (χ3n) is 2.75. The smallest absolute Gasteiger partial charge is 0.308 e. The first-order valence-corrected chi connectivity index (χ1v) is 6.68. The molecule has 1 N–H and O–H groups in total. The molecule has 0 bridgehead atoms. The molecule has 0 aliphatic carbocycles. The largest absolute Gasteiger partial charge is 0.466 e. The van der Waals surface area contributed by atoms with Gasteiger partial charge < -0.3 is 14.7 Å². The summed E-state index contributed by atoms with van der Waals surface area (Å²) in [6.45, 7) is 2.85. The Morgan fingerprint density at radius 1 is 1.45 bits per heavy atom. The normalized spacial score (nSPS) is 11.4. The number of aliphatic hydroxyl groups excluding tert-OH is 1. The van der Waals surface area contributed by atoms with Gasteiger partial charge in [-0.3, -0.25) is 4.79 Å². The molecule has 0 aromatic heterocycles. The number of benzene rings is 1. The van der Waals surface area contributed by atoms with Gasteiger partial charge in [-0.25, -0.2) is 0 Å². The SMILES string of the molecule is CCOC(=O)CC(O)CN(CCC#N)c1ccccc1. The molecule has 0 aliphatic rings. The molecule has 20 heavy (non-hydrogen) atoms. The van der Waals surface area contributed by atoms with Gasteiger partial charge in [0.25, 0.3) is 0 Å². The topological polar surface area (TPSA) is 73.6 Å². The third kappa shape index (κ3) is 5.72.